The molecule has 1 aliphatic rings. The van der Waals surface area contributed by atoms with Crippen molar-refractivity contribution < 1.29 is 5.11 Å². The van der Waals surface area contributed by atoms with Crippen molar-refractivity contribution in [1.29, 1.82) is 0 Å². The van der Waals surface area contributed by atoms with Gasteiger partial charge in [-0.1, -0.05) is 84.9 Å². The number of phenols is 1. The predicted molar refractivity (Wildman–Crippen MR) is 167 cm³/mol. The molecule has 198 valence electrons. The van der Waals surface area contributed by atoms with E-state index in [4.69, 9.17) is 4.98 Å². The van der Waals surface area contributed by atoms with Crippen molar-refractivity contribution in [1.82, 2.24) is 19.1 Å². The van der Waals surface area contributed by atoms with Gasteiger partial charge in [-0.2, -0.15) is 0 Å². The van der Waals surface area contributed by atoms with Crippen molar-refractivity contribution in [3.8, 4) is 11.6 Å². The molecule has 8 rings (SSSR count). The van der Waals surface area contributed by atoms with E-state index >= 15 is 0 Å². The average Bonchev–Trinajstić information content (AvgIpc) is 3.53. The summed E-state index contributed by atoms with van der Waals surface area (Å²) in [5, 5.41) is 14.4. The van der Waals surface area contributed by atoms with Crippen molar-refractivity contribution in [2.75, 3.05) is 4.90 Å². The topological polar surface area (TPSA) is 60.1 Å². The van der Waals surface area contributed by atoms with Crippen LogP contribution in [0, 0.1) is 0 Å². The highest BCUT2D eigenvalue weighted by Gasteiger charge is 2.36. The molecule has 7 aromatic rings. The molecule has 0 spiro atoms. The van der Waals surface area contributed by atoms with Crippen molar-refractivity contribution in [2.45, 2.75) is 19.4 Å². The van der Waals surface area contributed by atoms with Crippen LogP contribution in [-0.4, -0.2) is 26.0 Å². The lowest BCUT2D eigenvalue weighted by Crippen LogP contribution is -2.47. The molecule has 1 aliphatic heterocycles. The number of hydrogen-bond donors (Lipinski definition) is 2. The summed E-state index contributed by atoms with van der Waals surface area (Å²) in [6.07, 6.45) is 3.57. The summed E-state index contributed by atoms with van der Waals surface area (Å²) >= 11 is 0. The summed E-state index contributed by atoms with van der Waals surface area (Å²) in [6.45, 7) is 4.29. The average molecular weight is 534 g/mol. The number of nitrogens with one attached hydrogen (secondary N) is 1. The second-order valence-electron chi connectivity index (χ2n) is 10.9. The molecule has 6 nitrogen and oxygen atoms in total. The van der Waals surface area contributed by atoms with Crippen molar-refractivity contribution in [3.63, 3.8) is 0 Å². The maximum Gasteiger partial charge on any atom is 0.204 e. The van der Waals surface area contributed by atoms with Gasteiger partial charge in [0.05, 0.1) is 16.7 Å². The number of H-pyrrole nitrogens is 1. The Bertz CT molecular complexity index is 2170. The lowest BCUT2D eigenvalue weighted by Gasteiger charge is -2.43. The summed E-state index contributed by atoms with van der Waals surface area (Å²) in [7, 11) is 0. The molecule has 2 N–H and O–H groups in total. The molecule has 0 saturated heterocycles. The van der Waals surface area contributed by atoms with E-state index in [0.717, 1.165) is 39.6 Å². The number of phenolic OH excluding ortho intramolecular Hbond substituents is 1. The molecular formula is C35H27N5O. The van der Waals surface area contributed by atoms with Gasteiger partial charge in [-0.05, 0) is 49.7 Å². The van der Waals surface area contributed by atoms with Gasteiger partial charge in [0.2, 0.25) is 5.82 Å². The van der Waals surface area contributed by atoms with Gasteiger partial charge in [-0.3, -0.25) is 4.57 Å². The maximum atomic E-state index is 10.8. The minimum atomic E-state index is -0.462. The summed E-state index contributed by atoms with van der Waals surface area (Å²) < 4.78 is 4.19. The maximum absolute atomic E-state index is 10.8. The van der Waals surface area contributed by atoms with E-state index in [1.807, 2.05) is 51.9 Å². The zero-order valence-corrected chi connectivity index (χ0v) is 22.7. The quantitative estimate of drug-likeness (QED) is 0.180. The van der Waals surface area contributed by atoms with Gasteiger partial charge < -0.3 is 19.6 Å². The van der Waals surface area contributed by atoms with E-state index in [2.05, 4.69) is 96.5 Å². The predicted octanol–water partition coefficient (Wildman–Crippen LogP) is 7.86. The minimum absolute atomic E-state index is 0.203. The first-order valence-electron chi connectivity index (χ1n) is 13.7. The Hall–Kier alpha value is -5.36. The van der Waals surface area contributed by atoms with E-state index in [1.54, 1.807) is 6.07 Å². The van der Waals surface area contributed by atoms with Gasteiger partial charge in [0, 0.05) is 27.4 Å². The summed E-state index contributed by atoms with van der Waals surface area (Å²) in [4.78, 5) is 10.9. The third-order valence-electron chi connectivity index (χ3n) is 8.19. The Morgan fingerprint density at radius 3 is 2.39 bits per heavy atom. The fraction of sp³-hybridized carbons (Fsp3) is 0.0857. The van der Waals surface area contributed by atoms with E-state index in [9.17, 15) is 5.11 Å². The van der Waals surface area contributed by atoms with E-state index in [-0.39, 0.29) is 5.75 Å². The Labute approximate surface area is 237 Å². The van der Waals surface area contributed by atoms with Crippen LogP contribution in [0.25, 0.3) is 38.7 Å². The van der Waals surface area contributed by atoms with Crippen LogP contribution in [0.2, 0.25) is 0 Å². The molecule has 0 amide bonds. The van der Waals surface area contributed by atoms with Gasteiger partial charge in [-0.25, -0.2) is 0 Å². The van der Waals surface area contributed by atoms with Crippen LogP contribution in [0.15, 0.2) is 115 Å². The van der Waals surface area contributed by atoms with Gasteiger partial charge in [0.1, 0.15) is 11.4 Å². The lowest BCUT2D eigenvalue weighted by atomic mass is 9.88. The van der Waals surface area contributed by atoms with E-state index < -0.39 is 5.54 Å². The van der Waals surface area contributed by atoms with Crippen LogP contribution in [0.4, 0.5) is 17.2 Å². The number of rotatable bonds is 3. The van der Waals surface area contributed by atoms with E-state index in [1.165, 1.54) is 16.2 Å². The van der Waals surface area contributed by atoms with Gasteiger partial charge in [0.15, 0.2) is 12.2 Å². The van der Waals surface area contributed by atoms with Crippen LogP contribution in [-0.2, 0) is 5.54 Å². The second-order valence-corrected chi connectivity index (χ2v) is 10.9. The first-order chi connectivity index (χ1) is 20.0. The molecule has 0 bridgehead atoms. The third kappa shape index (κ3) is 3.37. The second kappa shape index (κ2) is 8.57. The van der Waals surface area contributed by atoms with Gasteiger partial charge in [-0.15, -0.1) is 4.98 Å². The standard InChI is InChI=1S/C35H27N5O/c1-35(2)25-14-5-8-17-28(25)38(22-39(35)29-18-9-10-19-30(29)41)31-20-11-21-32(37-31)40-27-16-7-4-13-24(27)33-23-12-3-6-15-26(23)36-34(33)40/h3-21,36,41H,1-2H3. The first kappa shape index (κ1) is 23.5. The summed E-state index contributed by atoms with van der Waals surface area (Å²) in [6, 6.07) is 38.7. The van der Waals surface area contributed by atoms with Crippen LogP contribution in [0.3, 0.4) is 0 Å². The number of aromatic hydroxyl groups is 1. The van der Waals surface area contributed by atoms with Crippen molar-refractivity contribution >= 4 is 56.4 Å². The van der Waals surface area contributed by atoms with E-state index in [0.29, 0.717) is 5.69 Å². The summed E-state index contributed by atoms with van der Waals surface area (Å²) in [5.74, 6) is 1.74. The highest BCUT2D eigenvalue weighted by Crippen LogP contribution is 2.43. The molecule has 0 unspecified atom stereocenters. The number of nitrogens with zero attached hydrogens (tertiary/aromatic N) is 4. The molecule has 41 heavy (non-hydrogen) atoms. The molecule has 0 aliphatic carbocycles. The number of hydrogen-bond acceptors (Lipinski definition) is 3. The number of benzene rings is 4. The highest BCUT2D eigenvalue weighted by atomic mass is 16.3. The summed E-state index contributed by atoms with van der Waals surface area (Å²) in [5.41, 5.74) is 5.54. The molecule has 4 aromatic carbocycles. The normalized spacial score (nSPS) is 14.5. The molecular weight excluding hydrogens is 506 g/mol. The molecule has 0 fully saturated rings. The highest BCUT2D eigenvalue weighted by molar-refractivity contribution is 6.21. The molecule has 3 aromatic heterocycles. The van der Waals surface area contributed by atoms with Crippen molar-refractivity contribution in [2.24, 2.45) is 0 Å². The Morgan fingerprint density at radius 2 is 1.51 bits per heavy atom. The largest absolute Gasteiger partial charge is 0.514 e. The Kier molecular flexibility index (Phi) is 4.92. The van der Waals surface area contributed by atoms with Crippen LogP contribution in [0.1, 0.15) is 19.4 Å². The zero-order valence-electron chi connectivity index (χ0n) is 22.7. The first-order valence-corrected chi connectivity index (χ1v) is 13.7. The fourth-order valence-corrected chi connectivity index (χ4v) is 6.24. The molecule has 0 saturated carbocycles. The van der Waals surface area contributed by atoms with Crippen LogP contribution >= 0.6 is 0 Å². The lowest BCUT2D eigenvalue weighted by molar-refractivity contribution is 0.465. The SMILES string of the molecule is CC1(C)c2ccccc2[N+](c2cccc(-n3c4ccccc4c4c5ccccc5[nH]c43)n2)=[C-]N1c1ccccc1O. The fourth-order valence-electron chi connectivity index (χ4n) is 6.24. The number of fused-ring (bicyclic) bond motifs is 6. The number of aromatic amines is 1. The Morgan fingerprint density at radius 1 is 0.780 bits per heavy atom. The minimum Gasteiger partial charge on any atom is -0.514 e. The molecule has 0 atom stereocenters. The monoisotopic (exact) mass is 533 g/mol. The number of aromatic nitrogens is 3. The van der Waals surface area contributed by atoms with Crippen molar-refractivity contribution in [3.05, 3.63) is 121 Å². The van der Waals surface area contributed by atoms with Gasteiger partial charge in [0.25, 0.3) is 0 Å². The van der Waals surface area contributed by atoms with Gasteiger partial charge >= 0.3 is 0 Å². The molecule has 0 radical (unpaired) electrons. The smallest absolute Gasteiger partial charge is 0.204 e. The number of anilines is 1. The number of para-hydroxylation sites is 5. The molecule has 6 heteroatoms. The number of pyridine rings is 1. The third-order valence-corrected chi connectivity index (χ3v) is 8.19. The molecule has 4 heterocycles. The zero-order chi connectivity index (χ0) is 27.7. The Balaban J connectivity index is 1.37. The van der Waals surface area contributed by atoms with Crippen LogP contribution < -0.4 is 9.48 Å². The van der Waals surface area contributed by atoms with Crippen LogP contribution in [0.5, 0.6) is 5.75 Å².